The fourth-order valence-electron chi connectivity index (χ4n) is 3.33. The highest BCUT2D eigenvalue weighted by molar-refractivity contribution is 7.89. The molecule has 0 amide bonds. The minimum Gasteiger partial charge on any atom is -0.269 e. The molecule has 0 N–H and O–H groups in total. The Hall–Kier alpha value is -2.91. The molecule has 0 saturated heterocycles. The van der Waals surface area contributed by atoms with Gasteiger partial charge in [-0.25, -0.2) is 13.4 Å². The number of rotatable bonds is 5. The van der Waals surface area contributed by atoms with Gasteiger partial charge >= 0.3 is 6.55 Å². The summed E-state index contributed by atoms with van der Waals surface area (Å²) in [4.78, 5) is 8.51. The van der Waals surface area contributed by atoms with E-state index in [9.17, 15) is 17.2 Å². The van der Waals surface area contributed by atoms with E-state index < -0.39 is 16.6 Å². The van der Waals surface area contributed by atoms with Gasteiger partial charge in [-0.1, -0.05) is 24.3 Å². The van der Waals surface area contributed by atoms with E-state index >= 15 is 0 Å². The molecule has 0 spiro atoms. The Morgan fingerprint density at radius 3 is 2.66 bits per heavy atom. The normalized spacial score (nSPS) is 12.5. The number of aromatic nitrogens is 3. The molecule has 2 aromatic carbocycles. The van der Waals surface area contributed by atoms with Gasteiger partial charge in [0.25, 0.3) is 0 Å². The highest BCUT2D eigenvalue weighted by Gasteiger charge is 2.27. The lowest BCUT2D eigenvalue weighted by molar-refractivity contribution is 0.0703. The van der Waals surface area contributed by atoms with E-state index in [1.54, 1.807) is 36.5 Å². The third-order valence-electron chi connectivity index (χ3n) is 4.73. The number of hydrogen-bond acceptors (Lipinski definition) is 4. The Labute approximate surface area is 166 Å². The SMILES string of the molecule is Cc1cnc2c(S(=O)(=O)N(C)Cc3nc4ccccc4n3C(F)F)cccc2c1. The van der Waals surface area contributed by atoms with Crippen LogP contribution >= 0.6 is 0 Å². The van der Waals surface area contributed by atoms with Crippen molar-refractivity contribution < 1.29 is 17.2 Å². The van der Waals surface area contributed by atoms with E-state index in [0.29, 0.717) is 16.4 Å². The molecule has 4 aromatic rings. The molecule has 2 heterocycles. The third kappa shape index (κ3) is 3.36. The maximum absolute atomic E-state index is 13.7. The quantitative estimate of drug-likeness (QED) is 0.491. The minimum absolute atomic E-state index is 0.0252. The molecule has 6 nitrogen and oxygen atoms in total. The fourth-order valence-corrected chi connectivity index (χ4v) is 4.61. The highest BCUT2D eigenvalue weighted by atomic mass is 32.2. The summed E-state index contributed by atoms with van der Waals surface area (Å²) in [7, 11) is -2.64. The van der Waals surface area contributed by atoms with Crippen molar-refractivity contribution >= 4 is 32.0 Å². The Balaban J connectivity index is 1.77. The van der Waals surface area contributed by atoms with Gasteiger partial charge in [0, 0.05) is 18.6 Å². The van der Waals surface area contributed by atoms with Gasteiger partial charge in [-0.2, -0.15) is 13.1 Å². The van der Waals surface area contributed by atoms with Crippen molar-refractivity contribution in [2.24, 2.45) is 0 Å². The van der Waals surface area contributed by atoms with Crippen molar-refractivity contribution in [2.45, 2.75) is 24.9 Å². The van der Waals surface area contributed by atoms with Crippen molar-refractivity contribution in [1.82, 2.24) is 18.8 Å². The lowest BCUT2D eigenvalue weighted by Crippen LogP contribution is -2.28. The number of halogens is 2. The summed E-state index contributed by atoms with van der Waals surface area (Å²) in [6.45, 7) is -1.27. The van der Waals surface area contributed by atoms with Crippen LogP contribution in [-0.4, -0.2) is 34.3 Å². The lowest BCUT2D eigenvalue weighted by Gasteiger charge is -2.18. The first kappa shape index (κ1) is 19.4. The van der Waals surface area contributed by atoms with Crippen LogP contribution < -0.4 is 0 Å². The first-order valence-electron chi connectivity index (χ1n) is 8.85. The van der Waals surface area contributed by atoms with Gasteiger partial charge in [-0.05, 0) is 36.8 Å². The van der Waals surface area contributed by atoms with E-state index in [-0.39, 0.29) is 22.8 Å². The first-order chi connectivity index (χ1) is 13.8. The van der Waals surface area contributed by atoms with Crippen molar-refractivity contribution in [2.75, 3.05) is 7.05 Å². The van der Waals surface area contributed by atoms with Gasteiger partial charge in [-0.3, -0.25) is 9.55 Å². The predicted octanol–water partition coefficient (Wildman–Crippen LogP) is 4.11. The number of sulfonamides is 1. The van der Waals surface area contributed by atoms with Crippen LogP contribution in [0.15, 0.2) is 59.6 Å². The summed E-state index contributed by atoms with van der Waals surface area (Å²) in [5.74, 6) is -0.0312. The van der Waals surface area contributed by atoms with Crippen LogP contribution in [0, 0.1) is 6.92 Å². The summed E-state index contributed by atoms with van der Waals surface area (Å²) in [6, 6.07) is 13.2. The topological polar surface area (TPSA) is 68.1 Å². The number of nitrogens with zero attached hydrogens (tertiary/aromatic N) is 4. The molecule has 0 unspecified atom stereocenters. The second kappa shape index (κ2) is 7.16. The van der Waals surface area contributed by atoms with Crippen molar-refractivity contribution in [3.05, 3.63) is 66.1 Å². The van der Waals surface area contributed by atoms with Crippen LogP contribution in [0.4, 0.5) is 8.78 Å². The van der Waals surface area contributed by atoms with Crippen LogP contribution in [0.3, 0.4) is 0 Å². The number of imidazole rings is 1. The number of para-hydroxylation sites is 3. The number of alkyl halides is 2. The molecule has 9 heteroatoms. The molecule has 0 atom stereocenters. The van der Waals surface area contributed by atoms with Gasteiger partial charge in [0.15, 0.2) is 0 Å². The molecule has 0 aliphatic heterocycles. The molecule has 29 heavy (non-hydrogen) atoms. The number of pyridine rings is 1. The Morgan fingerprint density at radius 1 is 1.14 bits per heavy atom. The summed E-state index contributed by atoms with van der Waals surface area (Å²) < 4.78 is 55.5. The zero-order chi connectivity index (χ0) is 20.8. The first-order valence-corrected chi connectivity index (χ1v) is 10.3. The number of aryl methyl sites for hydroxylation is 1. The van der Waals surface area contributed by atoms with E-state index in [4.69, 9.17) is 0 Å². The lowest BCUT2D eigenvalue weighted by atomic mass is 10.2. The van der Waals surface area contributed by atoms with Crippen LogP contribution in [0.5, 0.6) is 0 Å². The van der Waals surface area contributed by atoms with Crippen molar-refractivity contribution in [3.63, 3.8) is 0 Å². The van der Waals surface area contributed by atoms with Crippen LogP contribution in [0.25, 0.3) is 21.9 Å². The smallest absolute Gasteiger partial charge is 0.269 e. The average Bonchev–Trinajstić information content (AvgIpc) is 3.05. The minimum atomic E-state index is -3.98. The van der Waals surface area contributed by atoms with Crippen LogP contribution in [0.1, 0.15) is 17.9 Å². The molecule has 0 fully saturated rings. The van der Waals surface area contributed by atoms with E-state index in [1.165, 1.54) is 19.2 Å². The average molecular weight is 416 g/mol. The van der Waals surface area contributed by atoms with Crippen LogP contribution in [0.2, 0.25) is 0 Å². The number of benzene rings is 2. The predicted molar refractivity (Wildman–Crippen MR) is 106 cm³/mol. The van der Waals surface area contributed by atoms with Crippen LogP contribution in [-0.2, 0) is 16.6 Å². The molecule has 0 bridgehead atoms. The maximum Gasteiger partial charge on any atom is 0.320 e. The molecular formula is C20H18F2N4O2S. The van der Waals surface area contributed by atoms with E-state index in [0.717, 1.165) is 14.4 Å². The number of hydrogen-bond donors (Lipinski definition) is 0. The standard InChI is InChI=1S/C20H18F2N4O2S/c1-13-10-14-6-5-9-17(19(14)23-11-13)29(27,28)25(2)12-18-24-15-7-3-4-8-16(15)26(18)20(21)22/h3-11,20H,12H2,1-2H3. The molecule has 0 radical (unpaired) electrons. The molecule has 2 aromatic heterocycles. The van der Waals surface area contributed by atoms with E-state index in [2.05, 4.69) is 9.97 Å². The maximum atomic E-state index is 13.7. The summed E-state index contributed by atoms with van der Waals surface area (Å²) in [5.41, 5.74) is 1.89. The molecule has 0 aliphatic rings. The second-order valence-electron chi connectivity index (χ2n) is 6.77. The third-order valence-corrected chi connectivity index (χ3v) is 6.56. The molecule has 0 aliphatic carbocycles. The summed E-state index contributed by atoms with van der Waals surface area (Å²) >= 11 is 0. The fraction of sp³-hybridized carbons (Fsp3) is 0.200. The summed E-state index contributed by atoms with van der Waals surface area (Å²) in [6.07, 6.45) is 1.59. The zero-order valence-corrected chi connectivity index (χ0v) is 16.6. The van der Waals surface area contributed by atoms with Gasteiger partial charge in [-0.15, -0.1) is 0 Å². The Kier molecular flexibility index (Phi) is 4.79. The summed E-state index contributed by atoms with van der Waals surface area (Å²) in [5, 5.41) is 0.694. The monoisotopic (exact) mass is 416 g/mol. The highest BCUT2D eigenvalue weighted by Crippen LogP contribution is 2.27. The Morgan fingerprint density at radius 2 is 1.90 bits per heavy atom. The number of fused-ring (bicyclic) bond motifs is 2. The van der Waals surface area contributed by atoms with Gasteiger partial charge < -0.3 is 0 Å². The zero-order valence-electron chi connectivity index (χ0n) is 15.8. The molecule has 4 rings (SSSR count). The van der Waals surface area contributed by atoms with E-state index in [1.807, 2.05) is 13.0 Å². The van der Waals surface area contributed by atoms with Gasteiger partial charge in [0.2, 0.25) is 10.0 Å². The van der Waals surface area contributed by atoms with Gasteiger partial charge in [0.1, 0.15) is 10.7 Å². The van der Waals surface area contributed by atoms with Crippen molar-refractivity contribution in [1.29, 1.82) is 0 Å². The molecule has 150 valence electrons. The largest absolute Gasteiger partial charge is 0.320 e. The van der Waals surface area contributed by atoms with Crippen molar-refractivity contribution in [3.8, 4) is 0 Å². The second-order valence-corrected chi connectivity index (χ2v) is 8.78. The Bertz CT molecular complexity index is 1320. The molecule has 0 saturated carbocycles. The van der Waals surface area contributed by atoms with Gasteiger partial charge in [0.05, 0.1) is 23.1 Å². The molecular weight excluding hydrogens is 398 g/mol.